The maximum absolute atomic E-state index is 9.42. The first-order valence-electron chi connectivity index (χ1n) is 5.48. The van der Waals surface area contributed by atoms with Crippen molar-refractivity contribution in [3.63, 3.8) is 0 Å². The van der Waals surface area contributed by atoms with Gasteiger partial charge in [0.1, 0.15) is 0 Å². The van der Waals surface area contributed by atoms with E-state index in [0.717, 1.165) is 12.0 Å². The first kappa shape index (κ1) is 11.5. The smallest absolute Gasteiger partial charge is 0.172 e. The van der Waals surface area contributed by atoms with Crippen LogP contribution in [0.15, 0.2) is 30.3 Å². The van der Waals surface area contributed by atoms with Gasteiger partial charge in [-0.2, -0.15) is 0 Å². The highest BCUT2D eigenvalue weighted by Gasteiger charge is 2.30. The number of aliphatic hydroxyl groups excluding tert-OH is 1. The minimum atomic E-state index is -0.908. The molecule has 0 amide bonds. The van der Waals surface area contributed by atoms with Crippen LogP contribution in [0.4, 0.5) is 0 Å². The van der Waals surface area contributed by atoms with Crippen LogP contribution >= 0.6 is 0 Å². The molecular formula is C12H17NO3. The van der Waals surface area contributed by atoms with E-state index in [-0.39, 0.29) is 6.10 Å². The number of nitrogens with two attached hydrogens (primary N) is 1. The molecule has 1 saturated heterocycles. The molecule has 4 heteroatoms. The summed E-state index contributed by atoms with van der Waals surface area (Å²) in [6.45, 7) is 1.01. The summed E-state index contributed by atoms with van der Waals surface area (Å²) in [5.74, 6) is 0. The van der Waals surface area contributed by atoms with E-state index in [2.05, 4.69) is 0 Å². The van der Waals surface area contributed by atoms with Crippen LogP contribution in [0.1, 0.15) is 12.0 Å². The predicted molar refractivity (Wildman–Crippen MR) is 59.6 cm³/mol. The number of hydrogen-bond acceptors (Lipinski definition) is 4. The summed E-state index contributed by atoms with van der Waals surface area (Å²) in [4.78, 5) is 0. The van der Waals surface area contributed by atoms with Gasteiger partial charge in [-0.1, -0.05) is 30.3 Å². The van der Waals surface area contributed by atoms with Gasteiger partial charge in [-0.15, -0.1) is 0 Å². The topological polar surface area (TPSA) is 64.7 Å². The van der Waals surface area contributed by atoms with E-state index in [0.29, 0.717) is 13.2 Å². The van der Waals surface area contributed by atoms with Crippen molar-refractivity contribution in [1.82, 2.24) is 0 Å². The highest BCUT2D eigenvalue weighted by atomic mass is 16.6. The van der Waals surface area contributed by atoms with E-state index in [9.17, 15) is 5.11 Å². The summed E-state index contributed by atoms with van der Waals surface area (Å²) in [6.07, 6.45) is -0.316. The first-order chi connectivity index (χ1) is 7.77. The lowest BCUT2D eigenvalue weighted by Gasteiger charge is -2.32. The lowest BCUT2D eigenvalue weighted by Crippen LogP contribution is -2.51. The van der Waals surface area contributed by atoms with Crippen LogP contribution in [0.2, 0.25) is 0 Å². The highest BCUT2D eigenvalue weighted by Crippen LogP contribution is 2.16. The molecule has 1 aliphatic heterocycles. The molecule has 4 nitrogen and oxygen atoms in total. The zero-order valence-corrected chi connectivity index (χ0v) is 9.08. The maximum Gasteiger partial charge on any atom is 0.172 e. The monoisotopic (exact) mass is 223 g/mol. The normalized spacial score (nSPS) is 30.2. The van der Waals surface area contributed by atoms with Gasteiger partial charge in [0.15, 0.2) is 6.29 Å². The quantitative estimate of drug-likeness (QED) is 0.789. The SMILES string of the molecule is N[C@@H]1[C@H](O)OCC[C@@H]1OCc1ccccc1. The number of benzene rings is 1. The van der Waals surface area contributed by atoms with E-state index >= 15 is 0 Å². The average molecular weight is 223 g/mol. The van der Waals surface area contributed by atoms with Gasteiger partial charge < -0.3 is 20.3 Å². The van der Waals surface area contributed by atoms with Gasteiger partial charge in [0, 0.05) is 0 Å². The van der Waals surface area contributed by atoms with Gasteiger partial charge in [-0.05, 0) is 12.0 Å². The van der Waals surface area contributed by atoms with Gasteiger partial charge >= 0.3 is 0 Å². The molecule has 0 aromatic heterocycles. The van der Waals surface area contributed by atoms with Crippen molar-refractivity contribution < 1.29 is 14.6 Å². The summed E-state index contributed by atoms with van der Waals surface area (Å²) in [6, 6.07) is 9.45. The molecule has 0 saturated carbocycles. The molecular weight excluding hydrogens is 206 g/mol. The van der Waals surface area contributed by atoms with Gasteiger partial charge in [0.2, 0.25) is 0 Å². The van der Waals surface area contributed by atoms with Crippen molar-refractivity contribution in [2.45, 2.75) is 31.5 Å². The van der Waals surface area contributed by atoms with E-state index < -0.39 is 12.3 Å². The van der Waals surface area contributed by atoms with E-state index in [4.69, 9.17) is 15.2 Å². The van der Waals surface area contributed by atoms with Crippen LogP contribution in [0.25, 0.3) is 0 Å². The molecule has 1 fully saturated rings. The number of hydrogen-bond donors (Lipinski definition) is 2. The molecule has 0 spiro atoms. The Morgan fingerprint density at radius 3 is 2.88 bits per heavy atom. The van der Waals surface area contributed by atoms with Crippen molar-refractivity contribution in [3.8, 4) is 0 Å². The second-order valence-corrected chi connectivity index (χ2v) is 3.96. The summed E-state index contributed by atoms with van der Waals surface area (Å²) in [5, 5.41) is 9.42. The van der Waals surface area contributed by atoms with Crippen molar-refractivity contribution in [1.29, 1.82) is 0 Å². The Morgan fingerprint density at radius 1 is 1.38 bits per heavy atom. The van der Waals surface area contributed by atoms with Crippen LogP contribution in [-0.2, 0) is 16.1 Å². The second-order valence-electron chi connectivity index (χ2n) is 3.96. The molecule has 3 atom stereocenters. The van der Waals surface area contributed by atoms with Crippen LogP contribution in [0, 0.1) is 0 Å². The average Bonchev–Trinajstić information content (AvgIpc) is 2.32. The summed E-state index contributed by atoms with van der Waals surface area (Å²) >= 11 is 0. The lowest BCUT2D eigenvalue weighted by atomic mass is 10.1. The molecule has 1 heterocycles. The fourth-order valence-electron chi connectivity index (χ4n) is 1.76. The van der Waals surface area contributed by atoms with Crippen LogP contribution in [0.5, 0.6) is 0 Å². The third-order valence-electron chi connectivity index (χ3n) is 2.76. The standard InChI is InChI=1S/C12H17NO3/c13-11-10(6-7-15-12(11)14)16-8-9-4-2-1-3-5-9/h1-5,10-12,14H,6-8,13H2/t10-,11-,12+/m0/s1. The van der Waals surface area contributed by atoms with E-state index in [1.54, 1.807) is 0 Å². The molecule has 0 bridgehead atoms. The van der Waals surface area contributed by atoms with E-state index in [1.165, 1.54) is 0 Å². The van der Waals surface area contributed by atoms with Gasteiger partial charge in [-0.25, -0.2) is 0 Å². The third-order valence-corrected chi connectivity index (χ3v) is 2.76. The largest absolute Gasteiger partial charge is 0.372 e. The fraction of sp³-hybridized carbons (Fsp3) is 0.500. The molecule has 88 valence electrons. The van der Waals surface area contributed by atoms with Crippen LogP contribution in [0.3, 0.4) is 0 Å². The zero-order valence-electron chi connectivity index (χ0n) is 9.08. The minimum absolute atomic E-state index is 0.135. The molecule has 0 unspecified atom stereocenters. The van der Waals surface area contributed by atoms with Crippen LogP contribution in [-0.4, -0.2) is 30.1 Å². The predicted octanol–water partition coefficient (Wildman–Crippen LogP) is 0.638. The molecule has 3 N–H and O–H groups in total. The van der Waals surface area contributed by atoms with Gasteiger partial charge in [0.25, 0.3) is 0 Å². The molecule has 1 aromatic carbocycles. The Hall–Kier alpha value is -0.940. The Kier molecular flexibility index (Phi) is 3.90. The Balaban J connectivity index is 1.85. The number of rotatable bonds is 3. The highest BCUT2D eigenvalue weighted by molar-refractivity contribution is 5.13. The molecule has 16 heavy (non-hydrogen) atoms. The van der Waals surface area contributed by atoms with Crippen molar-refractivity contribution in [3.05, 3.63) is 35.9 Å². The van der Waals surface area contributed by atoms with Crippen molar-refractivity contribution >= 4 is 0 Å². The Bertz CT molecular complexity index is 317. The zero-order chi connectivity index (χ0) is 11.4. The Labute approximate surface area is 95.0 Å². The van der Waals surface area contributed by atoms with Gasteiger partial charge in [-0.3, -0.25) is 0 Å². The van der Waals surface area contributed by atoms with E-state index in [1.807, 2.05) is 30.3 Å². The maximum atomic E-state index is 9.42. The molecule has 1 aromatic rings. The van der Waals surface area contributed by atoms with Crippen LogP contribution < -0.4 is 5.73 Å². The Morgan fingerprint density at radius 2 is 2.12 bits per heavy atom. The second kappa shape index (κ2) is 5.41. The summed E-state index contributed by atoms with van der Waals surface area (Å²) < 4.78 is 10.7. The molecule has 0 radical (unpaired) electrons. The molecule has 1 aliphatic rings. The van der Waals surface area contributed by atoms with Crippen molar-refractivity contribution in [2.24, 2.45) is 5.73 Å². The molecule has 2 rings (SSSR count). The van der Waals surface area contributed by atoms with Gasteiger partial charge in [0.05, 0.1) is 25.4 Å². The third kappa shape index (κ3) is 2.80. The first-order valence-corrected chi connectivity index (χ1v) is 5.48. The lowest BCUT2D eigenvalue weighted by molar-refractivity contribution is -0.178. The van der Waals surface area contributed by atoms with Crippen molar-refractivity contribution in [2.75, 3.05) is 6.61 Å². The minimum Gasteiger partial charge on any atom is -0.372 e. The summed E-state index contributed by atoms with van der Waals surface area (Å²) in [5.41, 5.74) is 6.89. The molecule has 0 aliphatic carbocycles. The summed E-state index contributed by atoms with van der Waals surface area (Å²) in [7, 11) is 0. The fourth-order valence-corrected chi connectivity index (χ4v) is 1.76. The number of aliphatic hydroxyl groups is 1. The number of ether oxygens (including phenoxy) is 2.